The maximum atomic E-state index is 12.2. The van der Waals surface area contributed by atoms with Crippen molar-refractivity contribution in [2.24, 2.45) is 5.92 Å². The smallest absolute Gasteiger partial charge is 0.326 e. The molecule has 2 rings (SSSR count). The lowest BCUT2D eigenvalue weighted by molar-refractivity contribution is -0.143. The molecule has 7 nitrogen and oxygen atoms in total. The molecule has 0 fully saturated rings. The van der Waals surface area contributed by atoms with Crippen molar-refractivity contribution in [3.8, 4) is 11.3 Å². The topological polar surface area (TPSA) is 101 Å². The average molecular weight is 378 g/mol. The number of rotatable bonds is 7. The first-order chi connectivity index (χ1) is 12.3. The van der Waals surface area contributed by atoms with Crippen LogP contribution in [0.2, 0.25) is 5.02 Å². The van der Waals surface area contributed by atoms with Gasteiger partial charge in [-0.25, -0.2) is 9.78 Å². The summed E-state index contributed by atoms with van der Waals surface area (Å²) < 4.78 is 1.20. The summed E-state index contributed by atoms with van der Waals surface area (Å²) in [7, 11) is 0. The Bertz CT molecular complexity index is 848. The second-order valence-corrected chi connectivity index (χ2v) is 6.45. The van der Waals surface area contributed by atoms with Crippen molar-refractivity contribution in [1.29, 1.82) is 0 Å². The zero-order chi connectivity index (χ0) is 19.3. The van der Waals surface area contributed by atoms with E-state index in [1.54, 1.807) is 31.2 Å². The van der Waals surface area contributed by atoms with Crippen molar-refractivity contribution in [2.75, 3.05) is 0 Å². The fourth-order valence-corrected chi connectivity index (χ4v) is 2.52. The standard InChI is InChI=1S/C18H20ClN3O4/c1-3-11(2)17(18(25)26)21-15(23)10-22-9-14(20-8-16(22)24)12-4-6-13(19)7-5-12/h4-9,11,17H,3,10H2,1-2H3,(H,21,23)(H,25,26)/t11-,17+/m0/s1. The lowest BCUT2D eigenvalue weighted by atomic mass is 9.99. The van der Waals surface area contributed by atoms with Gasteiger partial charge < -0.3 is 15.0 Å². The molecule has 0 saturated heterocycles. The molecule has 1 amide bonds. The normalized spacial score (nSPS) is 13.0. The lowest BCUT2D eigenvalue weighted by Crippen LogP contribution is -2.46. The number of carbonyl (C=O) groups excluding carboxylic acids is 1. The van der Waals surface area contributed by atoms with Crippen molar-refractivity contribution in [3.05, 3.63) is 52.0 Å². The number of carboxylic acids is 1. The van der Waals surface area contributed by atoms with E-state index >= 15 is 0 Å². The van der Waals surface area contributed by atoms with Gasteiger partial charge in [0.05, 0.1) is 11.9 Å². The SMILES string of the molecule is CC[C@H](C)[C@@H](NC(=O)Cn1cc(-c2ccc(Cl)cc2)ncc1=O)C(=O)O. The maximum absolute atomic E-state index is 12.2. The van der Waals surface area contributed by atoms with Crippen LogP contribution in [0.3, 0.4) is 0 Å². The zero-order valence-electron chi connectivity index (χ0n) is 14.5. The Morgan fingerprint density at radius 3 is 2.54 bits per heavy atom. The van der Waals surface area contributed by atoms with Crippen LogP contribution in [0.5, 0.6) is 0 Å². The van der Waals surface area contributed by atoms with Crippen LogP contribution in [0.1, 0.15) is 20.3 Å². The number of amides is 1. The average Bonchev–Trinajstić information content (AvgIpc) is 2.61. The van der Waals surface area contributed by atoms with E-state index in [2.05, 4.69) is 10.3 Å². The highest BCUT2D eigenvalue weighted by molar-refractivity contribution is 6.30. The van der Waals surface area contributed by atoms with Crippen LogP contribution in [0.25, 0.3) is 11.3 Å². The zero-order valence-corrected chi connectivity index (χ0v) is 15.2. The fourth-order valence-electron chi connectivity index (χ4n) is 2.39. The number of nitrogens with one attached hydrogen (secondary N) is 1. The Morgan fingerprint density at radius 2 is 1.96 bits per heavy atom. The van der Waals surface area contributed by atoms with E-state index in [1.165, 1.54) is 10.8 Å². The fraction of sp³-hybridized carbons (Fsp3) is 0.333. The van der Waals surface area contributed by atoms with E-state index in [4.69, 9.17) is 11.6 Å². The van der Waals surface area contributed by atoms with Crippen LogP contribution in [-0.4, -0.2) is 32.6 Å². The molecule has 1 aromatic carbocycles. The first-order valence-electron chi connectivity index (χ1n) is 8.16. The van der Waals surface area contributed by atoms with Crippen LogP contribution < -0.4 is 10.9 Å². The van der Waals surface area contributed by atoms with Crippen LogP contribution >= 0.6 is 11.6 Å². The van der Waals surface area contributed by atoms with Crippen molar-refractivity contribution < 1.29 is 14.7 Å². The van der Waals surface area contributed by atoms with Gasteiger partial charge in [0, 0.05) is 16.8 Å². The summed E-state index contributed by atoms with van der Waals surface area (Å²) in [6, 6.07) is 5.90. The van der Waals surface area contributed by atoms with Crippen molar-refractivity contribution in [3.63, 3.8) is 0 Å². The van der Waals surface area contributed by atoms with Crippen molar-refractivity contribution in [1.82, 2.24) is 14.9 Å². The quantitative estimate of drug-likeness (QED) is 0.770. The van der Waals surface area contributed by atoms with Gasteiger partial charge in [-0.15, -0.1) is 0 Å². The Labute approximate surface area is 155 Å². The summed E-state index contributed by atoms with van der Waals surface area (Å²) in [6.45, 7) is 3.30. The van der Waals surface area contributed by atoms with Gasteiger partial charge in [-0.2, -0.15) is 0 Å². The molecule has 1 heterocycles. The largest absolute Gasteiger partial charge is 0.480 e. The van der Waals surface area contributed by atoms with E-state index in [9.17, 15) is 19.5 Å². The number of hydrogen-bond donors (Lipinski definition) is 2. The number of carbonyl (C=O) groups is 2. The second-order valence-electron chi connectivity index (χ2n) is 6.01. The predicted molar refractivity (Wildman–Crippen MR) is 98.0 cm³/mol. The van der Waals surface area contributed by atoms with E-state index in [-0.39, 0.29) is 12.5 Å². The van der Waals surface area contributed by atoms with Gasteiger partial charge in [-0.05, 0) is 18.1 Å². The van der Waals surface area contributed by atoms with E-state index in [0.29, 0.717) is 17.1 Å². The van der Waals surface area contributed by atoms with Crippen LogP contribution in [0, 0.1) is 5.92 Å². The summed E-state index contributed by atoms with van der Waals surface area (Å²) in [5.41, 5.74) is 0.797. The first-order valence-corrected chi connectivity index (χ1v) is 8.54. The first kappa shape index (κ1) is 19.7. The highest BCUT2D eigenvalue weighted by Gasteiger charge is 2.25. The third kappa shape index (κ3) is 4.92. The monoisotopic (exact) mass is 377 g/mol. The Hall–Kier alpha value is -2.67. The minimum Gasteiger partial charge on any atom is -0.480 e. The van der Waals surface area contributed by atoms with Gasteiger partial charge in [-0.1, -0.05) is 44.0 Å². The minimum absolute atomic E-state index is 0.227. The molecule has 0 aliphatic carbocycles. The van der Waals surface area contributed by atoms with E-state index < -0.39 is 23.5 Å². The molecule has 0 radical (unpaired) electrons. The van der Waals surface area contributed by atoms with Gasteiger partial charge in [0.2, 0.25) is 5.91 Å². The number of aliphatic carboxylic acids is 1. The molecular weight excluding hydrogens is 358 g/mol. The van der Waals surface area contributed by atoms with Gasteiger partial charge in [-0.3, -0.25) is 9.59 Å². The van der Waals surface area contributed by atoms with Crippen LogP contribution in [-0.2, 0) is 16.1 Å². The molecule has 0 aliphatic rings. The molecule has 0 saturated carbocycles. The number of benzene rings is 1. The van der Waals surface area contributed by atoms with Gasteiger partial charge >= 0.3 is 5.97 Å². The third-order valence-corrected chi connectivity index (χ3v) is 4.38. The molecule has 0 bridgehead atoms. The maximum Gasteiger partial charge on any atom is 0.326 e. The summed E-state index contributed by atoms with van der Waals surface area (Å²) in [4.78, 5) is 39.6. The molecule has 8 heteroatoms. The molecular formula is C18H20ClN3O4. The molecule has 0 spiro atoms. The van der Waals surface area contributed by atoms with E-state index in [1.807, 2.05) is 6.92 Å². The number of halogens is 1. The molecule has 26 heavy (non-hydrogen) atoms. The highest BCUT2D eigenvalue weighted by atomic mass is 35.5. The van der Waals surface area contributed by atoms with Crippen LogP contribution in [0.15, 0.2) is 41.5 Å². The number of nitrogens with zero attached hydrogens (tertiary/aromatic N) is 2. The Balaban J connectivity index is 2.19. The highest BCUT2D eigenvalue weighted by Crippen LogP contribution is 2.18. The summed E-state index contributed by atoms with van der Waals surface area (Å²) in [6.07, 6.45) is 3.19. The van der Waals surface area contributed by atoms with Crippen molar-refractivity contribution in [2.45, 2.75) is 32.9 Å². The predicted octanol–water partition coefficient (Wildman–Crippen LogP) is 2.18. The molecule has 0 unspecified atom stereocenters. The van der Waals surface area contributed by atoms with Crippen molar-refractivity contribution >= 4 is 23.5 Å². The van der Waals surface area contributed by atoms with E-state index in [0.717, 1.165) is 11.8 Å². The summed E-state index contributed by atoms with van der Waals surface area (Å²) in [5.74, 6) is -1.88. The second kappa shape index (κ2) is 8.62. The molecule has 2 N–H and O–H groups in total. The summed E-state index contributed by atoms with van der Waals surface area (Å²) >= 11 is 5.86. The third-order valence-electron chi connectivity index (χ3n) is 4.12. The summed E-state index contributed by atoms with van der Waals surface area (Å²) in [5, 5.41) is 12.3. The van der Waals surface area contributed by atoms with Gasteiger partial charge in [0.1, 0.15) is 12.6 Å². The Morgan fingerprint density at radius 1 is 1.31 bits per heavy atom. The molecule has 2 atom stereocenters. The number of carboxylic acid groups (broad SMARTS) is 1. The molecule has 1 aromatic heterocycles. The Kier molecular flexibility index (Phi) is 6.52. The van der Waals surface area contributed by atoms with Crippen LogP contribution in [0.4, 0.5) is 0 Å². The minimum atomic E-state index is -1.10. The lowest BCUT2D eigenvalue weighted by Gasteiger charge is -2.20. The number of aromatic nitrogens is 2. The molecule has 0 aliphatic heterocycles. The molecule has 138 valence electrons. The number of hydrogen-bond acceptors (Lipinski definition) is 4. The van der Waals surface area contributed by atoms with Gasteiger partial charge in [0.15, 0.2) is 0 Å². The van der Waals surface area contributed by atoms with Gasteiger partial charge in [0.25, 0.3) is 5.56 Å². The molecule has 2 aromatic rings.